The molecule has 2 heterocycles. The summed E-state index contributed by atoms with van der Waals surface area (Å²) in [5.74, 6) is 0.546. The van der Waals surface area contributed by atoms with E-state index in [2.05, 4.69) is 52.8 Å². The van der Waals surface area contributed by atoms with Gasteiger partial charge in [-0.25, -0.2) is 0 Å². The second-order valence-corrected chi connectivity index (χ2v) is 9.19. The summed E-state index contributed by atoms with van der Waals surface area (Å²) >= 11 is 0. The van der Waals surface area contributed by atoms with Gasteiger partial charge in [0, 0.05) is 57.9 Å². The van der Waals surface area contributed by atoms with E-state index in [0.717, 1.165) is 63.5 Å². The highest BCUT2D eigenvalue weighted by Crippen LogP contribution is 2.35. The topological polar surface area (TPSA) is 52.9 Å². The van der Waals surface area contributed by atoms with Gasteiger partial charge < -0.3 is 4.90 Å². The highest BCUT2D eigenvalue weighted by molar-refractivity contribution is 5.65. The van der Waals surface area contributed by atoms with Gasteiger partial charge in [0.1, 0.15) is 5.69 Å². The van der Waals surface area contributed by atoms with Crippen LogP contribution in [0.5, 0.6) is 0 Å². The van der Waals surface area contributed by atoms with Crippen LogP contribution in [0.25, 0.3) is 0 Å². The van der Waals surface area contributed by atoms with Crippen LogP contribution in [0.1, 0.15) is 30.0 Å². The molecule has 31 heavy (non-hydrogen) atoms. The Bertz CT molecular complexity index is 906. The number of nitro benzene ring substituents is 1. The van der Waals surface area contributed by atoms with E-state index in [1.807, 2.05) is 19.1 Å². The molecule has 0 N–H and O–H groups in total. The largest absolute Gasteiger partial charge is 0.364 e. The quantitative estimate of drug-likeness (QED) is 0.515. The summed E-state index contributed by atoms with van der Waals surface area (Å²) in [4.78, 5) is 18.8. The average Bonchev–Trinajstić information content (AvgIpc) is 3.20. The van der Waals surface area contributed by atoms with Crippen LogP contribution in [-0.4, -0.2) is 60.0 Å². The zero-order valence-electron chi connectivity index (χ0n) is 19.0. The van der Waals surface area contributed by atoms with Gasteiger partial charge in [-0.15, -0.1) is 0 Å². The molecule has 0 aromatic heterocycles. The van der Waals surface area contributed by atoms with Crippen LogP contribution in [0.4, 0.5) is 11.4 Å². The lowest BCUT2D eigenvalue weighted by molar-refractivity contribution is -0.384. The lowest BCUT2D eigenvalue weighted by Crippen LogP contribution is -2.52. The smallest absolute Gasteiger partial charge is 0.292 e. The normalized spacial score (nSPS) is 22.7. The van der Waals surface area contributed by atoms with Crippen molar-refractivity contribution in [1.82, 2.24) is 9.80 Å². The summed E-state index contributed by atoms with van der Waals surface area (Å²) in [6.07, 6.45) is 1.10. The molecule has 0 amide bonds. The number of hydrogen-bond donors (Lipinski definition) is 0. The summed E-state index contributed by atoms with van der Waals surface area (Å²) in [5, 5.41) is 11.6. The zero-order valence-corrected chi connectivity index (χ0v) is 19.0. The highest BCUT2D eigenvalue weighted by atomic mass is 16.6. The third-order valence-electron chi connectivity index (χ3n) is 7.00. The fourth-order valence-electron chi connectivity index (χ4n) is 5.12. The van der Waals surface area contributed by atoms with E-state index in [9.17, 15) is 10.1 Å². The molecule has 4 rings (SSSR count). The van der Waals surface area contributed by atoms with Crippen molar-refractivity contribution in [3.8, 4) is 0 Å². The SMILES string of the molecule is CCC1CN(c2ccc(C)cc2[N+](=O)[O-])C[C@H]1N1CCN(Cc2ccc(C)cc2)CC1. The summed E-state index contributed by atoms with van der Waals surface area (Å²) in [6.45, 7) is 13.4. The number of hydrogen-bond acceptors (Lipinski definition) is 5. The molecule has 166 valence electrons. The van der Waals surface area contributed by atoms with Gasteiger partial charge in [0.05, 0.1) is 4.92 Å². The number of rotatable bonds is 6. The van der Waals surface area contributed by atoms with Gasteiger partial charge in [-0.2, -0.15) is 0 Å². The first-order chi connectivity index (χ1) is 14.9. The third kappa shape index (κ3) is 4.91. The molecule has 0 bridgehead atoms. The van der Waals surface area contributed by atoms with Gasteiger partial charge in [-0.3, -0.25) is 19.9 Å². The molecule has 2 aromatic carbocycles. The van der Waals surface area contributed by atoms with Crippen molar-refractivity contribution in [2.75, 3.05) is 44.2 Å². The molecule has 0 aliphatic carbocycles. The Hall–Kier alpha value is -2.44. The molecule has 0 saturated carbocycles. The standard InChI is InChI=1S/C25H34N4O2/c1-4-22-17-28(23-10-7-20(3)15-24(23)29(30)31)18-25(22)27-13-11-26(12-14-27)16-21-8-5-19(2)6-9-21/h5-10,15,22,25H,4,11-14,16-18H2,1-3H3/t22?,25-/m1/s1. The monoisotopic (exact) mass is 422 g/mol. The maximum absolute atomic E-state index is 11.6. The molecule has 1 unspecified atom stereocenters. The highest BCUT2D eigenvalue weighted by Gasteiger charge is 2.38. The molecule has 2 saturated heterocycles. The van der Waals surface area contributed by atoms with Crippen LogP contribution in [0.2, 0.25) is 0 Å². The van der Waals surface area contributed by atoms with Crippen molar-refractivity contribution >= 4 is 11.4 Å². The Morgan fingerprint density at radius 3 is 2.29 bits per heavy atom. The van der Waals surface area contributed by atoms with Gasteiger partial charge >= 0.3 is 0 Å². The van der Waals surface area contributed by atoms with E-state index in [-0.39, 0.29) is 10.6 Å². The lowest BCUT2D eigenvalue weighted by atomic mass is 9.98. The fourth-order valence-corrected chi connectivity index (χ4v) is 5.12. The molecule has 2 aliphatic heterocycles. The molecule has 6 nitrogen and oxygen atoms in total. The number of anilines is 1. The second-order valence-electron chi connectivity index (χ2n) is 9.19. The van der Waals surface area contributed by atoms with Crippen molar-refractivity contribution in [2.45, 2.75) is 39.8 Å². The van der Waals surface area contributed by atoms with E-state index in [0.29, 0.717) is 12.0 Å². The van der Waals surface area contributed by atoms with E-state index in [1.165, 1.54) is 11.1 Å². The van der Waals surface area contributed by atoms with Crippen molar-refractivity contribution < 1.29 is 4.92 Å². The third-order valence-corrected chi connectivity index (χ3v) is 7.00. The molecule has 2 aromatic rings. The first-order valence-electron chi connectivity index (χ1n) is 11.5. The van der Waals surface area contributed by atoms with Crippen LogP contribution in [0.3, 0.4) is 0 Å². The molecule has 6 heteroatoms. The second kappa shape index (κ2) is 9.37. The van der Waals surface area contributed by atoms with Crippen molar-refractivity contribution in [3.63, 3.8) is 0 Å². The predicted molar refractivity (Wildman–Crippen MR) is 126 cm³/mol. The Morgan fingerprint density at radius 2 is 1.65 bits per heavy atom. The van der Waals surface area contributed by atoms with Crippen LogP contribution >= 0.6 is 0 Å². The number of nitrogens with zero attached hydrogens (tertiary/aromatic N) is 4. The molecular formula is C25H34N4O2. The Kier molecular flexibility index (Phi) is 6.58. The molecular weight excluding hydrogens is 388 g/mol. The first-order valence-corrected chi connectivity index (χ1v) is 11.5. The minimum absolute atomic E-state index is 0.235. The number of nitro groups is 1. The van der Waals surface area contributed by atoms with Gasteiger partial charge in [0.15, 0.2) is 0 Å². The first kappa shape index (κ1) is 21.8. The van der Waals surface area contributed by atoms with Gasteiger partial charge in [-0.05, 0) is 37.0 Å². The minimum atomic E-state index is -0.236. The summed E-state index contributed by atoms with van der Waals surface area (Å²) in [5.41, 5.74) is 4.62. The number of piperazine rings is 1. The van der Waals surface area contributed by atoms with Crippen molar-refractivity contribution in [3.05, 3.63) is 69.3 Å². The minimum Gasteiger partial charge on any atom is -0.364 e. The van der Waals surface area contributed by atoms with E-state index < -0.39 is 0 Å². The van der Waals surface area contributed by atoms with E-state index >= 15 is 0 Å². The average molecular weight is 423 g/mol. The molecule has 0 spiro atoms. The maximum atomic E-state index is 11.6. The van der Waals surface area contributed by atoms with Crippen LogP contribution in [0.15, 0.2) is 42.5 Å². The van der Waals surface area contributed by atoms with Gasteiger partial charge in [-0.1, -0.05) is 49.2 Å². The van der Waals surface area contributed by atoms with Crippen LogP contribution < -0.4 is 4.90 Å². The molecule has 2 fully saturated rings. The molecule has 0 radical (unpaired) electrons. The van der Waals surface area contributed by atoms with Gasteiger partial charge in [0.2, 0.25) is 0 Å². The number of benzene rings is 2. The zero-order chi connectivity index (χ0) is 22.0. The summed E-state index contributed by atoms with van der Waals surface area (Å²) < 4.78 is 0. The summed E-state index contributed by atoms with van der Waals surface area (Å²) in [7, 11) is 0. The fraction of sp³-hybridized carbons (Fsp3) is 0.520. The Morgan fingerprint density at radius 1 is 0.968 bits per heavy atom. The predicted octanol–water partition coefficient (Wildman–Crippen LogP) is 4.24. The van der Waals surface area contributed by atoms with Crippen molar-refractivity contribution in [2.24, 2.45) is 5.92 Å². The van der Waals surface area contributed by atoms with E-state index in [4.69, 9.17) is 0 Å². The van der Waals surface area contributed by atoms with Crippen molar-refractivity contribution in [1.29, 1.82) is 0 Å². The number of aryl methyl sites for hydroxylation is 2. The Balaban J connectivity index is 1.40. The molecule has 2 aliphatic rings. The lowest BCUT2D eigenvalue weighted by Gasteiger charge is -2.39. The van der Waals surface area contributed by atoms with E-state index in [1.54, 1.807) is 6.07 Å². The van der Waals surface area contributed by atoms with Crippen LogP contribution in [0, 0.1) is 29.9 Å². The molecule has 2 atom stereocenters. The van der Waals surface area contributed by atoms with Crippen LogP contribution in [-0.2, 0) is 6.54 Å². The Labute approximate surface area is 185 Å². The van der Waals surface area contributed by atoms with Gasteiger partial charge in [0.25, 0.3) is 5.69 Å². The summed E-state index contributed by atoms with van der Waals surface area (Å²) in [6, 6.07) is 14.9. The maximum Gasteiger partial charge on any atom is 0.292 e.